The molecule has 0 aliphatic rings. The highest BCUT2D eigenvalue weighted by Gasteiger charge is 2.28. The molecule has 0 aromatic carbocycles. The molecule has 0 spiro atoms. The van der Waals surface area contributed by atoms with Crippen LogP contribution in [0.15, 0.2) is 0 Å². The van der Waals surface area contributed by atoms with Crippen molar-refractivity contribution in [2.75, 3.05) is 6.61 Å². The minimum Gasteiger partial charge on any atom is -0.480 e. The summed E-state index contributed by atoms with van der Waals surface area (Å²) in [7, 11) is -3.24. The first-order valence-corrected chi connectivity index (χ1v) is 5.49. The smallest absolute Gasteiger partial charge is 0.468 e. The van der Waals surface area contributed by atoms with Crippen LogP contribution in [0.5, 0.6) is 0 Å². The van der Waals surface area contributed by atoms with E-state index in [1.54, 1.807) is 0 Å². The predicted octanol–water partition coefficient (Wildman–Crippen LogP) is -1.82. The Hall–Kier alpha value is -1.12. The molecule has 0 heterocycles. The quantitative estimate of drug-likeness (QED) is 0.371. The number of rotatable bonds is 8. The van der Waals surface area contributed by atoms with Crippen LogP contribution >= 0.6 is 7.91 Å². The average Bonchev–Trinajstić information content (AvgIpc) is 2.24. The average molecular weight is 269 g/mol. The number of carbonyl (C=O) groups excluding carboxylic acids is 1. The number of Topliss-reactive ketones (excluding diaryl/α,β-unsaturated/α-hetero) is 1. The van der Waals surface area contributed by atoms with Gasteiger partial charge in [0.15, 0.2) is 5.78 Å². The first kappa shape index (κ1) is 15.9. The molecule has 0 radical (unpaired) electrons. The largest absolute Gasteiger partial charge is 0.480 e. The summed E-state index contributed by atoms with van der Waals surface area (Å²) in [4.78, 5) is 21.4. The molecule has 9 nitrogen and oxygen atoms in total. The van der Waals surface area contributed by atoms with E-state index in [9.17, 15) is 28.9 Å². The van der Waals surface area contributed by atoms with Crippen molar-refractivity contribution in [3.8, 4) is 0 Å². The van der Waals surface area contributed by atoms with Gasteiger partial charge in [0.1, 0.15) is 18.8 Å². The molecule has 5 N–H and O–H groups in total. The van der Waals surface area contributed by atoms with E-state index in [-0.39, 0.29) is 0 Å². The predicted molar refractivity (Wildman–Crippen MR) is 51.5 cm³/mol. The van der Waals surface area contributed by atoms with Crippen LogP contribution in [-0.4, -0.2) is 51.9 Å². The lowest BCUT2D eigenvalue weighted by atomic mass is 10.0. The molecule has 0 saturated heterocycles. The zero-order valence-electron chi connectivity index (χ0n) is 8.55. The van der Waals surface area contributed by atoms with Crippen LogP contribution in [0.3, 0.4) is 0 Å². The summed E-state index contributed by atoms with van der Waals surface area (Å²) >= 11 is 0. The SMILES string of the molecule is NC(CC(O)C(O)C(=O)COP(=O)=O)C(=O)O. The third kappa shape index (κ3) is 6.25. The molecule has 10 heteroatoms. The van der Waals surface area contributed by atoms with Gasteiger partial charge in [-0.05, 0) is 0 Å². The summed E-state index contributed by atoms with van der Waals surface area (Å²) in [5, 5.41) is 26.9. The van der Waals surface area contributed by atoms with Gasteiger partial charge in [0, 0.05) is 6.42 Å². The van der Waals surface area contributed by atoms with E-state index in [0.717, 1.165) is 0 Å². The van der Waals surface area contributed by atoms with Gasteiger partial charge in [-0.25, -0.2) is 9.13 Å². The van der Waals surface area contributed by atoms with Gasteiger partial charge in [-0.1, -0.05) is 0 Å². The fraction of sp³-hybridized carbons (Fsp3) is 0.714. The van der Waals surface area contributed by atoms with Gasteiger partial charge >= 0.3 is 13.9 Å². The number of aliphatic hydroxyl groups is 2. The Bertz CT molecular complexity index is 346. The van der Waals surface area contributed by atoms with E-state index in [1.165, 1.54) is 0 Å². The summed E-state index contributed by atoms with van der Waals surface area (Å²) in [5.74, 6) is -2.49. The van der Waals surface area contributed by atoms with Crippen molar-refractivity contribution in [3.63, 3.8) is 0 Å². The maximum absolute atomic E-state index is 11.0. The molecular formula is C7H12NO8P. The molecule has 98 valence electrons. The highest BCUT2D eigenvalue weighted by molar-refractivity contribution is 7.24. The fourth-order valence-corrected chi connectivity index (χ4v) is 1.14. The van der Waals surface area contributed by atoms with Gasteiger partial charge in [0.25, 0.3) is 0 Å². The third-order valence-electron chi connectivity index (χ3n) is 1.82. The maximum atomic E-state index is 11.0. The van der Waals surface area contributed by atoms with Crippen molar-refractivity contribution in [2.45, 2.75) is 24.7 Å². The number of aliphatic carboxylic acids is 1. The van der Waals surface area contributed by atoms with Gasteiger partial charge in [0.2, 0.25) is 0 Å². The maximum Gasteiger partial charge on any atom is 0.468 e. The zero-order valence-corrected chi connectivity index (χ0v) is 9.45. The number of carboxylic acid groups (broad SMARTS) is 1. The van der Waals surface area contributed by atoms with Crippen molar-refractivity contribution in [1.29, 1.82) is 0 Å². The van der Waals surface area contributed by atoms with Crippen LogP contribution in [0.1, 0.15) is 6.42 Å². The molecule has 0 amide bonds. The third-order valence-corrected chi connectivity index (χ3v) is 2.16. The summed E-state index contributed by atoms with van der Waals surface area (Å²) in [6.45, 7) is -0.931. The Morgan fingerprint density at radius 3 is 2.24 bits per heavy atom. The van der Waals surface area contributed by atoms with Crippen LogP contribution in [0.2, 0.25) is 0 Å². The fourth-order valence-electron chi connectivity index (χ4n) is 0.906. The molecule has 0 fully saturated rings. The van der Waals surface area contributed by atoms with E-state index < -0.39 is 50.9 Å². The minimum atomic E-state index is -3.24. The number of carboxylic acids is 1. The van der Waals surface area contributed by atoms with Crippen molar-refractivity contribution >= 4 is 19.7 Å². The lowest BCUT2D eigenvalue weighted by Crippen LogP contribution is -2.42. The number of hydrogen-bond acceptors (Lipinski definition) is 8. The van der Waals surface area contributed by atoms with Crippen LogP contribution < -0.4 is 5.73 Å². The lowest BCUT2D eigenvalue weighted by molar-refractivity contribution is -0.142. The molecule has 0 aliphatic carbocycles. The van der Waals surface area contributed by atoms with Crippen LogP contribution in [0.4, 0.5) is 0 Å². The van der Waals surface area contributed by atoms with Crippen LogP contribution in [0.25, 0.3) is 0 Å². The molecule has 0 aromatic heterocycles. The Morgan fingerprint density at radius 2 is 1.82 bits per heavy atom. The van der Waals surface area contributed by atoms with E-state index in [4.69, 9.17) is 10.8 Å². The molecule has 0 bridgehead atoms. The normalized spacial score (nSPS) is 15.9. The highest BCUT2D eigenvalue weighted by atomic mass is 31.1. The van der Waals surface area contributed by atoms with Gasteiger partial charge in [0.05, 0.1) is 6.10 Å². The van der Waals surface area contributed by atoms with Crippen LogP contribution in [0, 0.1) is 0 Å². The Morgan fingerprint density at radius 1 is 1.29 bits per heavy atom. The highest BCUT2D eigenvalue weighted by Crippen LogP contribution is 2.08. The van der Waals surface area contributed by atoms with E-state index in [1.807, 2.05) is 0 Å². The Labute approximate surface area is 96.1 Å². The number of ketones is 1. The van der Waals surface area contributed by atoms with Gasteiger partial charge < -0.3 is 21.1 Å². The molecule has 17 heavy (non-hydrogen) atoms. The molecule has 0 aromatic rings. The molecular weight excluding hydrogens is 257 g/mol. The molecule has 3 unspecified atom stereocenters. The summed E-state index contributed by atoms with van der Waals surface area (Å²) in [5.41, 5.74) is 5.07. The number of nitrogens with two attached hydrogens (primary N) is 1. The van der Waals surface area contributed by atoms with Gasteiger partial charge in [-0.3, -0.25) is 14.1 Å². The summed E-state index contributed by atoms with van der Waals surface area (Å²) < 4.78 is 23.9. The molecule has 3 atom stereocenters. The van der Waals surface area contributed by atoms with Crippen LogP contribution in [-0.2, 0) is 23.2 Å². The second-order valence-electron chi connectivity index (χ2n) is 3.16. The van der Waals surface area contributed by atoms with Crippen molar-refractivity contribution in [2.24, 2.45) is 5.73 Å². The first-order chi connectivity index (χ1) is 7.75. The topological polar surface area (TPSA) is 164 Å². The van der Waals surface area contributed by atoms with Crippen molar-refractivity contribution in [3.05, 3.63) is 0 Å². The number of hydrogen-bond donors (Lipinski definition) is 4. The van der Waals surface area contributed by atoms with Gasteiger partial charge in [-0.2, -0.15) is 0 Å². The summed E-state index contributed by atoms with van der Waals surface area (Å²) in [6, 6.07) is -1.44. The second-order valence-corrected chi connectivity index (χ2v) is 3.86. The Balaban J connectivity index is 4.24. The minimum absolute atomic E-state index is 0.550. The van der Waals surface area contributed by atoms with Gasteiger partial charge in [-0.15, -0.1) is 0 Å². The number of carbonyl (C=O) groups is 2. The Kier molecular flexibility index (Phi) is 6.78. The summed E-state index contributed by atoms with van der Waals surface area (Å²) in [6.07, 6.45) is -4.21. The van der Waals surface area contributed by atoms with Crippen molar-refractivity contribution < 1.29 is 38.6 Å². The van der Waals surface area contributed by atoms with Crippen molar-refractivity contribution in [1.82, 2.24) is 0 Å². The van der Waals surface area contributed by atoms with E-state index in [0.29, 0.717) is 0 Å². The zero-order chi connectivity index (χ0) is 13.6. The monoisotopic (exact) mass is 269 g/mol. The molecule has 0 saturated carbocycles. The van der Waals surface area contributed by atoms with E-state index >= 15 is 0 Å². The second kappa shape index (κ2) is 7.25. The first-order valence-electron chi connectivity index (χ1n) is 4.40. The standard InChI is InChI=1S/C7H12NO8P/c8-3(7(12)13)1-4(9)6(11)5(10)2-16-17(14)15/h3-4,6,9,11H,1-2,8H2,(H,12,13). The molecule has 0 aliphatic heterocycles. The molecule has 0 rings (SSSR count). The lowest BCUT2D eigenvalue weighted by Gasteiger charge is -2.17. The number of aliphatic hydroxyl groups excluding tert-OH is 2. The van der Waals surface area contributed by atoms with E-state index in [2.05, 4.69) is 4.52 Å².